The topological polar surface area (TPSA) is 57.9 Å². The van der Waals surface area contributed by atoms with Crippen molar-refractivity contribution < 1.29 is 39.5 Å². The molecule has 0 fully saturated rings. The quantitative estimate of drug-likeness (QED) is 0.547. The zero-order valence-electron chi connectivity index (χ0n) is 10.7. The zero-order chi connectivity index (χ0) is 13.4. The van der Waals surface area contributed by atoms with Gasteiger partial charge in [0.25, 0.3) is 0 Å². The van der Waals surface area contributed by atoms with Crippen molar-refractivity contribution in [3.63, 3.8) is 0 Å². The van der Waals surface area contributed by atoms with E-state index in [2.05, 4.69) is 5.10 Å². The first-order valence-electron chi connectivity index (χ1n) is 5.12. The molecule has 2 aromatic rings. The van der Waals surface area contributed by atoms with Crippen LogP contribution in [0.3, 0.4) is 0 Å². The number of carbonyl (C=O) groups excluding carboxylic acids is 1. The normalized spacial score (nSPS) is 10.1. The summed E-state index contributed by atoms with van der Waals surface area (Å²) >= 11 is 11.7. The summed E-state index contributed by atoms with van der Waals surface area (Å²) < 4.78 is 1.13. The number of ketones is 1. The molecule has 0 saturated heterocycles. The summed E-state index contributed by atoms with van der Waals surface area (Å²) in [6.07, 6.45) is 0. The van der Waals surface area contributed by atoms with E-state index in [9.17, 15) is 9.90 Å². The fraction of sp³-hybridized carbons (Fsp3) is 0.167. The van der Waals surface area contributed by atoms with Crippen LogP contribution in [-0.4, -0.2) is 15.6 Å². The molecule has 0 aliphatic heterocycles. The van der Waals surface area contributed by atoms with Crippen molar-refractivity contribution in [3.05, 3.63) is 45.1 Å². The molecule has 1 aromatic heterocycles. The Kier molecular flexibility index (Phi) is 5.47. The summed E-state index contributed by atoms with van der Waals surface area (Å²) in [7, 11) is 1.50. The molecule has 0 radical (unpaired) electrons. The van der Waals surface area contributed by atoms with Crippen LogP contribution in [0.5, 0.6) is 5.88 Å². The Bertz CT molecular complexity index is 641. The number of carbonyl (C=O) groups is 1. The molecule has 0 aliphatic carbocycles. The molecule has 19 heavy (non-hydrogen) atoms. The molecule has 4 nitrogen and oxygen atoms in total. The van der Waals surface area contributed by atoms with Gasteiger partial charge in [0.15, 0.2) is 5.78 Å². The molecule has 94 valence electrons. The number of aryl methyl sites for hydroxylation is 2. The molecule has 0 spiro atoms. The van der Waals surface area contributed by atoms with Crippen LogP contribution in [0.1, 0.15) is 21.6 Å². The molecule has 0 atom stereocenters. The van der Waals surface area contributed by atoms with Gasteiger partial charge in [0.05, 0.1) is 16.3 Å². The average molecular weight is 307 g/mol. The number of hydrogen-bond donors (Lipinski definition) is 0. The number of hydrogen-bond acceptors (Lipinski definition) is 3. The maximum atomic E-state index is 12.3. The number of rotatable bonds is 2. The summed E-state index contributed by atoms with van der Waals surface area (Å²) in [5.41, 5.74) is 0.675. The van der Waals surface area contributed by atoms with Crippen LogP contribution in [-0.2, 0) is 7.05 Å². The van der Waals surface area contributed by atoms with E-state index in [0.29, 0.717) is 10.7 Å². The average Bonchev–Trinajstić information content (AvgIpc) is 2.52. The Balaban J connectivity index is 0.00000180. The maximum Gasteiger partial charge on any atom is 1.00 e. The molecule has 0 saturated carbocycles. The minimum Gasteiger partial charge on any atom is -0.858 e. The van der Waals surface area contributed by atoms with Gasteiger partial charge >= 0.3 is 29.6 Å². The van der Waals surface area contributed by atoms with Gasteiger partial charge in [-0.2, -0.15) is 5.10 Å². The van der Waals surface area contributed by atoms with Crippen LogP contribution >= 0.6 is 23.2 Å². The molecule has 1 aromatic carbocycles. The van der Waals surface area contributed by atoms with Crippen LogP contribution in [0.2, 0.25) is 10.0 Å². The number of halogens is 2. The van der Waals surface area contributed by atoms with E-state index in [-0.39, 0.29) is 45.7 Å². The Morgan fingerprint density at radius 1 is 1.37 bits per heavy atom. The molecule has 0 bridgehead atoms. The SMILES string of the molecule is Cc1nn(C)c([O-])c1C(=O)c1ccc(Cl)cc1Cl.[Na+]. The monoisotopic (exact) mass is 306 g/mol. The molecule has 0 aliphatic rings. The van der Waals surface area contributed by atoms with E-state index in [1.54, 1.807) is 13.0 Å². The van der Waals surface area contributed by atoms with Crippen molar-refractivity contribution in [2.75, 3.05) is 0 Å². The molecule has 0 amide bonds. The second-order valence-corrected chi connectivity index (χ2v) is 4.69. The molecular weight excluding hydrogens is 298 g/mol. The van der Waals surface area contributed by atoms with Crippen LogP contribution < -0.4 is 34.7 Å². The van der Waals surface area contributed by atoms with E-state index in [4.69, 9.17) is 23.2 Å². The Morgan fingerprint density at radius 2 is 2.00 bits per heavy atom. The Morgan fingerprint density at radius 3 is 2.47 bits per heavy atom. The zero-order valence-corrected chi connectivity index (χ0v) is 14.2. The number of benzene rings is 1. The number of aromatic nitrogens is 2. The summed E-state index contributed by atoms with van der Waals surface area (Å²) in [4.78, 5) is 12.3. The largest absolute Gasteiger partial charge is 1.00 e. The van der Waals surface area contributed by atoms with E-state index < -0.39 is 11.7 Å². The van der Waals surface area contributed by atoms with Gasteiger partial charge < -0.3 is 5.11 Å². The second kappa shape index (κ2) is 6.29. The van der Waals surface area contributed by atoms with Crippen molar-refractivity contribution in [2.24, 2.45) is 7.05 Å². The first-order chi connectivity index (χ1) is 8.41. The first-order valence-corrected chi connectivity index (χ1v) is 5.87. The molecule has 2 rings (SSSR count). The summed E-state index contributed by atoms with van der Waals surface area (Å²) in [6.45, 7) is 1.61. The van der Waals surface area contributed by atoms with Gasteiger partial charge in [-0.05, 0) is 31.0 Å². The van der Waals surface area contributed by atoms with Gasteiger partial charge in [-0.1, -0.05) is 23.2 Å². The van der Waals surface area contributed by atoms with Gasteiger partial charge in [-0.3, -0.25) is 9.48 Å². The van der Waals surface area contributed by atoms with Crippen LogP contribution in [0.25, 0.3) is 0 Å². The van der Waals surface area contributed by atoms with Crippen LogP contribution in [0, 0.1) is 6.92 Å². The van der Waals surface area contributed by atoms with Crippen molar-refractivity contribution in [1.29, 1.82) is 0 Å². The predicted octanol–water partition coefficient (Wildman–Crippen LogP) is -0.656. The van der Waals surface area contributed by atoms with Gasteiger partial charge in [0, 0.05) is 17.6 Å². The second-order valence-electron chi connectivity index (χ2n) is 3.84. The van der Waals surface area contributed by atoms with Crippen molar-refractivity contribution >= 4 is 29.0 Å². The van der Waals surface area contributed by atoms with Gasteiger partial charge in [0.2, 0.25) is 0 Å². The smallest absolute Gasteiger partial charge is 0.858 e. The fourth-order valence-electron chi connectivity index (χ4n) is 1.71. The number of nitrogens with zero attached hydrogens (tertiary/aromatic N) is 2. The van der Waals surface area contributed by atoms with Crippen molar-refractivity contribution in [3.8, 4) is 5.88 Å². The van der Waals surface area contributed by atoms with E-state index >= 15 is 0 Å². The van der Waals surface area contributed by atoms with E-state index in [1.165, 1.54) is 19.2 Å². The van der Waals surface area contributed by atoms with Crippen LogP contribution in [0.4, 0.5) is 0 Å². The third-order valence-electron chi connectivity index (χ3n) is 2.57. The maximum absolute atomic E-state index is 12.3. The van der Waals surface area contributed by atoms with Crippen molar-refractivity contribution in [1.82, 2.24) is 9.78 Å². The minimum absolute atomic E-state index is 0. The van der Waals surface area contributed by atoms with Crippen LogP contribution in [0.15, 0.2) is 18.2 Å². The Labute approximate surface area is 142 Å². The van der Waals surface area contributed by atoms with Gasteiger partial charge in [0.1, 0.15) is 0 Å². The molecule has 1 heterocycles. The van der Waals surface area contributed by atoms with Gasteiger partial charge in [-0.25, -0.2) is 0 Å². The van der Waals surface area contributed by atoms with E-state index in [1.807, 2.05) is 0 Å². The third kappa shape index (κ3) is 3.15. The summed E-state index contributed by atoms with van der Waals surface area (Å²) in [5.74, 6) is -0.865. The Hall–Kier alpha value is -0.520. The van der Waals surface area contributed by atoms with E-state index in [0.717, 1.165) is 4.68 Å². The summed E-state index contributed by atoms with van der Waals surface area (Å²) in [6, 6.07) is 4.52. The standard InChI is InChI=1S/C12H10Cl2N2O2.Na/c1-6-10(12(18)16(2)15-6)11(17)8-4-3-7(13)5-9(8)14;/h3-5,18H,1-2H3;/q;+1/p-1. The van der Waals surface area contributed by atoms with Crippen molar-refractivity contribution in [2.45, 2.75) is 6.92 Å². The molecular formula is C12H9Cl2N2NaO2. The molecule has 0 unspecified atom stereocenters. The minimum atomic E-state index is -0.438. The molecule has 0 N–H and O–H groups in total. The third-order valence-corrected chi connectivity index (χ3v) is 3.12. The van der Waals surface area contributed by atoms with Gasteiger partial charge in [-0.15, -0.1) is 0 Å². The molecule has 7 heteroatoms. The first kappa shape index (κ1) is 16.5. The predicted molar refractivity (Wildman–Crippen MR) is 67.3 cm³/mol. The fourth-order valence-corrected chi connectivity index (χ4v) is 2.20. The summed E-state index contributed by atoms with van der Waals surface area (Å²) in [5, 5.41) is 16.4.